The van der Waals surface area contributed by atoms with Crippen molar-refractivity contribution in [3.8, 4) is 0 Å². The molecule has 0 spiro atoms. The third-order valence-electron chi connectivity index (χ3n) is 2.11. The van der Waals surface area contributed by atoms with Gasteiger partial charge in [0.05, 0.1) is 12.4 Å². The number of hydrogen-bond acceptors (Lipinski definition) is 3. The van der Waals surface area contributed by atoms with E-state index in [-0.39, 0.29) is 0 Å². The Kier molecular flexibility index (Phi) is 1.35. The van der Waals surface area contributed by atoms with E-state index in [1.165, 1.54) is 5.69 Å². The lowest BCUT2D eigenvalue weighted by Crippen LogP contribution is -2.28. The number of aromatic nitrogens is 2. The Bertz CT molecular complexity index is 276. The number of imidazole rings is 1. The molecule has 0 saturated heterocycles. The minimum Gasteiger partial charge on any atom is -0.356 e. The zero-order chi connectivity index (χ0) is 7.84. The molecule has 1 aromatic rings. The first-order chi connectivity index (χ1) is 5.29. The highest BCUT2D eigenvalue weighted by molar-refractivity contribution is 5.43. The van der Waals surface area contributed by atoms with E-state index in [0.717, 1.165) is 24.9 Å². The van der Waals surface area contributed by atoms with Gasteiger partial charge >= 0.3 is 0 Å². The summed E-state index contributed by atoms with van der Waals surface area (Å²) >= 11 is 0. The summed E-state index contributed by atoms with van der Waals surface area (Å²) in [7, 11) is 2.04. The Balaban J connectivity index is 2.50. The van der Waals surface area contributed by atoms with Crippen LogP contribution in [-0.2, 0) is 13.6 Å². The second-order valence-corrected chi connectivity index (χ2v) is 2.79. The van der Waals surface area contributed by atoms with Crippen LogP contribution in [0.5, 0.6) is 0 Å². The number of anilines is 1. The van der Waals surface area contributed by atoms with E-state index in [4.69, 9.17) is 0 Å². The van der Waals surface area contributed by atoms with Crippen LogP contribution in [-0.4, -0.2) is 16.2 Å². The topological polar surface area (TPSA) is 41.9 Å². The maximum absolute atomic E-state index is 4.36. The molecule has 11 heavy (non-hydrogen) atoms. The van der Waals surface area contributed by atoms with Gasteiger partial charge < -0.3 is 9.88 Å². The van der Waals surface area contributed by atoms with E-state index in [1.807, 2.05) is 14.0 Å². The van der Waals surface area contributed by atoms with Crippen molar-refractivity contribution in [2.24, 2.45) is 7.05 Å². The molecule has 0 aliphatic carbocycles. The molecule has 0 atom stereocenters. The molecule has 0 bridgehead atoms. The molecule has 2 rings (SSSR count). The lowest BCUT2D eigenvalue weighted by Gasteiger charge is -2.14. The van der Waals surface area contributed by atoms with Crippen LogP contribution in [0.25, 0.3) is 0 Å². The number of aryl methyl sites for hydroxylation is 1. The Morgan fingerprint density at radius 3 is 3.09 bits per heavy atom. The molecule has 0 amide bonds. The molecular formula is C7H12N4. The van der Waals surface area contributed by atoms with Crippen LogP contribution in [0, 0.1) is 6.92 Å². The van der Waals surface area contributed by atoms with Gasteiger partial charge in [-0.05, 0) is 6.92 Å². The summed E-state index contributed by atoms with van der Waals surface area (Å²) < 4.78 is 2.11. The normalized spacial score (nSPS) is 15.8. The molecule has 0 aromatic carbocycles. The van der Waals surface area contributed by atoms with Crippen molar-refractivity contribution in [1.82, 2.24) is 14.9 Å². The molecule has 2 heterocycles. The maximum Gasteiger partial charge on any atom is 0.150 e. The number of rotatable bonds is 0. The van der Waals surface area contributed by atoms with E-state index in [9.17, 15) is 0 Å². The maximum atomic E-state index is 4.36. The first-order valence-electron chi connectivity index (χ1n) is 3.76. The van der Waals surface area contributed by atoms with Gasteiger partial charge in [-0.2, -0.15) is 0 Å². The Labute approximate surface area is 65.6 Å². The zero-order valence-corrected chi connectivity index (χ0v) is 6.81. The van der Waals surface area contributed by atoms with Crippen molar-refractivity contribution in [2.75, 3.05) is 12.0 Å². The van der Waals surface area contributed by atoms with Crippen molar-refractivity contribution in [1.29, 1.82) is 0 Å². The van der Waals surface area contributed by atoms with E-state index in [2.05, 4.69) is 20.2 Å². The standard InChI is InChI=1S/C7H12N4/c1-5-10-7-6(11(5)2)3-8-4-9-7/h8-9H,3-4H2,1-2H3. The van der Waals surface area contributed by atoms with Crippen molar-refractivity contribution in [3.63, 3.8) is 0 Å². The summed E-state index contributed by atoms with van der Waals surface area (Å²) in [5, 5.41) is 6.40. The van der Waals surface area contributed by atoms with Gasteiger partial charge in [0.2, 0.25) is 0 Å². The number of nitrogens with one attached hydrogen (secondary N) is 2. The third-order valence-corrected chi connectivity index (χ3v) is 2.11. The van der Waals surface area contributed by atoms with Gasteiger partial charge in [-0.25, -0.2) is 4.98 Å². The number of hydrogen-bond donors (Lipinski definition) is 2. The number of fused-ring (bicyclic) bond motifs is 1. The molecule has 4 nitrogen and oxygen atoms in total. The summed E-state index contributed by atoms with van der Waals surface area (Å²) in [5.74, 6) is 2.09. The van der Waals surface area contributed by atoms with E-state index < -0.39 is 0 Å². The Hall–Kier alpha value is -1.03. The predicted molar refractivity (Wildman–Crippen MR) is 43.3 cm³/mol. The van der Waals surface area contributed by atoms with Crippen LogP contribution >= 0.6 is 0 Å². The van der Waals surface area contributed by atoms with Gasteiger partial charge in [0.1, 0.15) is 11.6 Å². The molecule has 1 aromatic heterocycles. The van der Waals surface area contributed by atoms with Crippen molar-refractivity contribution in [2.45, 2.75) is 13.5 Å². The van der Waals surface area contributed by atoms with E-state index in [1.54, 1.807) is 0 Å². The SMILES string of the molecule is Cc1nc2c(n1C)CNCN2. The van der Waals surface area contributed by atoms with Gasteiger partial charge in [0.15, 0.2) is 0 Å². The fourth-order valence-corrected chi connectivity index (χ4v) is 1.33. The summed E-state index contributed by atoms with van der Waals surface area (Å²) in [6, 6.07) is 0. The molecule has 60 valence electrons. The summed E-state index contributed by atoms with van der Waals surface area (Å²) in [6.45, 7) is 3.75. The van der Waals surface area contributed by atoms with Crippen LogP contribution in [0.4, 0.5) is 5.82 Å². The first-order valence-corrected chi connectivity index (χ1v) is 3.76. The van der Waals surface area contributed by atoms with Crippen molar-refractivity contribution < 1.29 is 0 Å². The monoisotopic (exact) mass is 152 g/mol. The molecule has 0 saturated carbocycles. The molecule has 1 aliphatic rings. The average molecular weight is 152 g/mol. The molecule has 4 heteroatoms. The highest BCUT2D eigenvalue weighted by atomic mass is 15.2. The van der Waals surface area contributed by atoms with E-state index in [0.29, 0.717) is 0 Å². The van der Waals surface area contributed by atoms with Crippen LogP contribution in [0.2, 0.25) is 0 Å². The third kappa shape index (κ3) is 0.903. The summed E-state index contributed by atoms with van der Waals surface area (Å²) in [4.78, 5) is 4.36. The second kappa shape index (κ2) is 2.23. The highest BCUT2D eigenvalue weighted by Crippen LogP contribution is 2.16. The van der Waals surface area contributed by atoms with Crippen LogP contribution in [0.3, 0.4) is 0 Å². The van der Waals surface area contributed by atoms with Crippen LogP contribution < -0.4 is 10.6 Å². The minimum atomic E-state index is 0.823. The quantitative estimate of drug-likeness (QED) is 0.558. The average Bonchev–Trinajstić information content (AvgIpc) is 2.30. The van der Waals surface area contributed by atoms with Crippen molar-refractivity contribution >= 4 is 5.82 Å². The number of nitrogens with zero attached hydrogens (tertiary/aromatic N) is 2. The largest absolute Gasteiger partial charge is 0.356 e. The lowest BCUT2D eigenvalue weighted by molar-refractivity contribution is 0.658. The highest BCUT2D eigenvalue weighted by Gasteiger charge is 2.14. The van der Waals surface area contributed by atoms with Gasteiger partial charge in [0.25, 0.3) is 0 Å². The Morgan fingerprint density at radius 2 is 2.36 bits per heavy atom. The predicted octanol–water partition coefficient (Wildman–Crippen LogP) is 0.201. The summed E-state index contributed by atoms with van der Waals surface area (Å²) in [5.41, 5.74) is 1.24. The Morgan fingerprint density at radius 1 is 1.55 bits per heavy atom. The van der Waals surface area contributed by atoms with Gasteiger partial charge in [0, 0.05) is 13.6 Å². The zero-order valence-electron chi connectivity index (χ0n) is 6.81. The molecule has 0 unspecified atom stereocenters. The first kappa shape index (κ1) is 6.67. The molecule has 2 N–H and O–H groups in total. The second-order valence-electron chi connectivity index (χ2n) is 2.79. The van der Waals surface area contributed by atoms with Gasteiger partial charge in [-0.1, -0.05) is 0 Å². The minimum absolute atomic E-state index is 0.823. The smallest absolute Gasteiger partial charge is 0.150 e. The fourth-order valence-electron chi connectivity index (χ4n) is 1.33. The van der Waals surface area contributed by atoms with Gasteiger partial charge in [-0.15, -0.1) is 0 Å². The lowest BCUT2D eigenvalue weighted by atomic mass is 10.4. The molecule has 0 fully saturated rings. The van der Waals surface area contributed by atoms with Crippen molar-refractivity contribution in [3.05, 3.63) is 11.5 Å². The van der Waals surface area contributed by atoms with Crippen LogP contribution in [0.1, 0.15) is 11.5 Å². The van der Waals surface area contributed by atoms with Gasteiger partial charge in [-0.3, -0.25) is 5.32 Å². The molecular weight excluding hydrogens is 140 g/mol. The van der Waals surface area contributed by atoms with Crippen LogP contribution in [0.15, 0.2) is 0 Å². The molecule has 1 aliphatic heterocycles. The van der Waals surface area contributed by atoms with E-state index >= 15 is 0 Å². The molecule has 0 radical (unpaired) electrons. The summed E-state index contributed by atoms with van der Waals surface area (Å²) in [6.07, 6.45) is 0. The fraction of sp³-hybridized carbons (Fsp3) is 0.571.